The molecule has 21 heavy (non-hydrogen) atoms. The molecule has 0 aromatic heterocycles. The molecule has 1 aromatic rings. The number of benzene rings is 1. The molecule has 116 valence electrons. The highest BCUT2D eigenvalue weighted by Gasteiger charge is 2.03. The van der Waals surface area contributed by atoms with Crippen molar-refractivity contribution in [1.29, 1.82) is 0 Å². The monoisotopic (exact) mass is 294 g/mol. The number of hydrogen-bond acceptors (Lipinski definition) is 3. The van der Waals surface area contributed by atoms with Gasteiger partial charge in [0.15, 0.2) is 0 Å². The maximum atomic E-state index is 13.3. The second kappa shape index (κ2) is 10.2. The summed E-state index contributed by atoms with van der Waals surface area (Å²) in [6.45, 7) is 5.82. The average molecular weight is 294 g/mol. The van der Waals surface area contributed by atoms with Crippen molar-refractivity contribution in [3.8, 4) is 17.6 Å². The maximum absolute atomic E-state index is 13.3. The van der Waals surface area contributed by atoms with E-state index in [9.17, 15) is 4.39 Å². The summed E-state index contributed by atoms with van der Waals surface area (Å²) in [5, 5.41) is 8.71. The standard InChI is InChI=1S/C17H23FO3/c1-14(2)8-10-20-11-12-21-17-13-16(18)7-6-15(17)5-3-4-9-19/h6-7,13-14,19H,4,8-12H2,1-2H3. The van der Waals surface area contributed by atoms with Crippen molar-refractivity contribution < 1.29 is 19.0 Å². The molecule has 0 atom stereocenters. The number of halogens is 1. The minimum atomic E-state index is -0.363. The van der Waals surface area contributed by atoms with E-state index in [0.717, 1.165) is 6.42 Å². The molecule has 1 N–H and O–H groups in total. The highest BCUT2D eigenvalue weighted by atomic mass is 19.1. The van der Waals surface area contributed by atoms with Crippen LogP contribution >= 0.6 is 0 Å². The van der Waals surface area contributed by atoms with Crippen LogP contribution in [0.5, 0.6) is 5.75 Å². The Morgan fingerprint density at radius 1 is 1.24 bits per heavy atom. The predicted octanol–water partition coefficient (Wildman–Crippen LogP) is 3.00. The van der Waals surface area contributed by atoms with E-state index >= 15 is 0 Å². The van der Waals surface area contributed by atoms with Crippen molar-refractivity contribution >= 4 is 0 Å². The number of aliphatic hydroxyl groups excluding tert-OH is 1. The quantitative estimate of drug-likeness (QED) is 0.592. The van der Waals surface area contributed by atoms with Gasteiger partial charge < -0.3 is 14.6 Å². The molecule has 0 aliphatic carbocycles. The fourth-order valence-corrected chi connectivity index (χ4v) is 1.56. The maximum Gasteiger partial charge on any atom is 0.137 e. The van der Waals surface area contributed by atoms with Gasteiger partial charge in [0.25, 0.3) is 0 Å². The lowest BCUT2D eigenvalue weighted by atomic mass is 10.1. The molecule has 0 saturated carbocycles. The summed E-state index contributed by atoms with van der Waals surface area (Å²) in [5.74, 6) is 6.33. The van der Waals surface area contributed by atoms with Crippen molar-refractivity contribution in [2.45, 2.75) is 26.7 Å². The Kier molecular flexibility index (Phi) is 8.49. The van der Waals surface area contributed by atoms with Crippen molar-refractivity contribution in [2.24, 2.45) is 5.92 Å². The third kappa shape index (κ3) is 7.69. The Bertz CT molecular complexity index is 475. The van der Waals surface area contributed by atoms with Crippen LogP contribution in [0, 0.1) is 23.6 Å². The highest BCUT2D eigenvalue weighted by Crippen LogP contribution is 2.19. The molecule has 4 heteroatoms. The molecular weight excluding hydrogens is 271 g/mol. The summed E-state index contributed by atoms with van der Waals surface area (Å²) >= 11 is 0. The van der Waals surface area contributed by atoms with Crippen molar-refractivity contribution in [3.63, 3.8) is 0 Å². The third-order valence-electron chi connectivity index (χ3n) is 2.73. The highest BCUT2D eigenvalue weighted by molar-refractivity contribution is 5.46. The molecule has 0 bridgehead atoms. The molecule has 0 heterocycles. The summed E-state index contributed by atoms with van der Waals surface area (Å²) in [5.41, 5.74) is 0.618. The molecule has 0 saturated heterocycles. The summed E-state index contributed by atoms with van der Waals surface area (Å²) in [6.07, 6.45) is 1.40. The minimum absolute atomic E-state index is 0.00801. The van der Waals surface area contributed by atoms with Gasteiger partial charge in [-0.05, 0) is 24.5 Å². The van der Waals surface area contributed by atoms with Crippen molar-refractivity contribution in [2.75, 3.05) is 26.4 Å². The largest absolute Gasteiger partial charge is 0.490 e. The Labute approximate surface area is 126 Å². The number of aliphatic hydroxyl groups is 1. The van der Waals surface area contributed by atoms with E-state index < -0.39 is 0 Å². The fraction of sp³-hybridized carbons (Fsp3) is 0.529. The van der Waals surface area contributed by atoms with Gasteiger partial charge in [-0.3, -0.25) is 0 Å². The summed E-state index contributed by atoms with van der Waals surface area (Å²) in [6, 6.07) is 4.24. The summed E-state index contributed by atoms with van der Waals surface area (Å²) in [4.78, 5) is 0. The molecule has 0 fully saturated rings. The summed E-state index contributed by atoms with van der Waals surface area (Å²) in [7, 11) is 0. The predicted molar refractivity (Wildman–Crippen MR) is 80.7 cm³/mol. The van der Waals surface area contributed by atoms with Crippen LogP contribution in [0.1, 0.15) is 32.3 Å². The van der Waals surface area contributed by atoms with Crippen molar-refractivity contribution in [1.82, 2.24) is 0 Å². The lowest BCUT2D eigenvalue weighted by Gasteiger charge is -2.10. The first kappa shape index (κ1) is 17.5. The van der Waals surface area contributed by atoms with Gasteiger partial charge >= 0.3 is 0 Å². The van der Waals surface area contributed by atoms with Crippen molar-refractivity contribution in [3.05, 3.63) is 29.6 Å². The van der Waals surface area contributed by atoms with E-state index in [-0.39, 0.29) is 12.4 Å². The molecule has 1 rings (SSSR count). The Balaban J connectivity index is 2.46. The zero-order valence-electron chi connectivity index (χ0n) is 12.7. The average Bonchev–Trinajstić information content (AvgIpc) is 2.44. The van der Waals surface area contributed by atoms with Crippen LogP contribution < -0.4 is 4.74 Å². The van der Waals surface area contributed by atoms with Crippen LogP contribution in [-0.4, -0.2) is 31.5 Å². The van der Waals surface area contributed by atoms with Crippen LogP contribution in [0.2, 0.25) is 0 Å². The normalized spacial score (nSPS) is 10.3. The third-order valence-corrected chi connectivity index (χ3v) is 2.73. The van der Waals surface area contributed by atoms with Gasteiger partial charge in [-0.15, -0.1) is 0 Å². The lowest BCUT2D eigenvalue weighted by Crippen LogP contribution is -2.09. The molecule has 0 amide bonds. The van der Waals surface area contributed by atoms with Crippen LogP contribution in [0.25, 0.3) is 0 Å². The zero-order chi connectivity index (χ0) is 15.5. The fourth-order valence-electron chi connectivity index (χ4n) is 1.56. The van der Waals surface area contributed by atoms with Gasteiger partial charge in [0.2, 0.25) is 0 Å². The van der Waals surface area contributed by atoms with E-state index in [4.69, 9.17) is 14.6 Å². The Hall–Kier alpha value is -1.57. The molecule has 0 spiro atoms. The molecular formula is C17H23FO3. The van der Waals surface area contributed by atoms with Crippen LogP contribution in [0.15, 0.2) is 18.2 Å². The summed E-state index contributed by atoms with van der Waals surface area (Å²) < 4.78 is 24.2. The zero-order valence-corrected chi connectivity index (χ0v) is 12.7. The number of ether oxygens (including phenoxy) is 2. The Morgan fingerprint density at radius 3 is 2.76 bits per heavy atom. The van der Waals surface area contributed by atoms with Gasteiger partial charge in [-0.25, -0.2) is 4.39 Å². The number of rotatable bonds is 8. The SMILES string of the molecule is CC(C)CCOCCOc1cc(F)ccc1C#CCCO. The van der Waals surface area contributed by atoms with Gasteiger partial charge in [-0.2, -0.15) is 0 Å². The van der Waals surface area contributed by atoms with E-state index in [1.807, 2.05) is 0 Å². The van der Waals surface area contributed by atoms with Crippen LogP contribution in [-0.2, 0) is 4.74 Å². The molecule has 0 aliphatic heterocycles. The molecule has 1 aromatic carbocycles. The van der Waals surface area contributed by atoms with Gasteiger partial charge in [-0.1, -0.05) is 25.7 Å². The second-order valence-electron chi connectivity index (χ2n) is 5.06. The van der Waals surface area contributed by atoms with Crippen LogP contribution in [0.3, 0.4) is 0 Å². The minimum Gasteiger partial charge on any atom is -0.490 e. The van der Waals surface area contributed by atoms with E-state index in [1.165, 1.54) is 12.1 Å². The molecule has 0 aliphatic rings. The van der Waals surface area contributed by atoms with E-state index in [0.29, 0.717) is 43.5 Å². The van der Waals surface area contributed by atoms with Crippen LogP contribution in [0.4, 0.5) is 4.39 Å². The second-order valence-corrected chi connectivity index (χ2v) is 5.06. The topological polar surface area (TPSA) is 38.7 Å². The first-order chi connectivity index (χ1) is 10.1. The first-order valence-corrected chi connectivity index (χ1v) is 7.23. The molecule has 0 unspecified atom stereocenters. The van der Waals surface area contributed by atoms with Gasteiger partial charge in [0.05, 0.1) is 18.8 Å². The first-order valence-electron chi connectivity index (χ1n) is 7.23. The van der Waals surface area contributed by atoms with E-state index in [1.54, 1.807) is 6.07 Å². The van der Waals surface area contributed by atoms with Gasteiger partial charge in [0.1, 0.15) is 18.2 Å². The number of hydrogen-bond donors (Lipinski definition) is 1. The van der Waals surface area contributed by atoms with Gasteiger partial charge in [0, 0.05) is 19.1 Å². The van der Waals surface area contributed by atoms with E-state index in [2.05, 4.69) is 25.7 Å². The smallest absolute Gasteiger partial charge is 0.137 e. The lowest BCUT2D eigenvalue weighted by molar-refractivity contribution is 0.0924. The Morgan fingerprint density at radius 2 is 2.05 bits per heavy atom. The molecule has 3 nitrogen and oxygen atoms in total. The molecule has 0 radical (unpaired) electrons.